The van der Waals surface area contributed by atoms with Crippen molar-refractivity contribution in [1.29, 1.82) is 0 Å². The maximum absolute atomic E-state index is 11.0. The van der Waals surface area contributed by atoms with Crippen molar-refractivity contribution in [3.63, 3.8) is 0 Å². The molecule has 2 rings (SSSR count). The smallest absolute Gasteiger partial charge is 0.339 e. The molecule has 4 nitrogen and oxygen atoms in total. The summed E-state index contributed by atoms with van der Waals surface area (Å²) in [7, 11) is 1.54. The molecule has 1 aliphatic carbocycles. The molecule has 1 N–H and O–H groups in total. The minimum Gasteiger partial charge on any atom is -0.497 e. The van der Waals surface area contributed by atoms with Gasteiger partial charge in [-0.15, -0.1) is 0 Å². The van der Waals surface area contributed by atoms with Crippen LogP contribution in [0.5, 0.6) is 11.5 Å². The molecule has 1 saturated carbocycles. The lowest BCUT2D eigenvalue weighted by Gasteiger charge is -2.27. The van der Waals surface area contributed by atoms with Crippen LogP contribution in [-0.2, 0) is 0 Å². The van der Waals surface area contributed by atoms with Gasteiger partial charge in [0.2, 0.25) is 0 Å². The highest BCUT2D eigenvalue weighted by Gasteiger charge is 2.22. The van der Waals surface area contributed by atoms with Gasteiger partial charge in [-0.1, -0.05) is 0 Å². The Morgan fingerprint density at radius 3 is 2.69 bits per heavy atom. The van der Waals surface area contributed by atoms with Gasteiger partial charge in [0.05, 0.1) is 13.2 Å². The SMILES string of the molecule is COc1ccc(C(=O)O)c(OC2CCC2)c1. The summed E-state index contributed by atoms with van der Waals surface area (Å²) in [5, 5.41) is 9.01. The van der Waals surface area contributed by atoms with E-state index in [2.05, 4.69) is 0 Å². The molecule has 0 saturated heterocycles. The lowest BCUT2D eigenvalue weighted by molar-refractivity contribution is 0.0679. The zero-order chi connectivity index (χ0) is 11.5. The molecule has 0 heterocycles. The van der Waals surface area contributed by atoms with E-state index in [1.807, 2.05) is 0 Å². The zero-order valence-corrected chi connectivity index (χ0v) is 9.10. The molecule has 0 aromatic heterocycles. The molecule has 0 radical (unpaired) electrons. The van der Waals surface area contributed by atoms with Crippen LogP contribution in [0.3, 0.4) is 0 Å². The Labute approximate surface area is 93.8 Å². The Morgan fingerprint density at radius 2 is 2.19 bits per heavy atom. The number of ether oxygens (including phenoxy) is 2. The van der Waals surface area contributed by atoms with Crippen molar-refractivity contribution in [3.8, 4) is 11.5 Å². The van der Waals surface area contributed by atoms with Crippen molar-refractivity contribution >= 4 is 5.97 Å². The van der Waals surface area contributed by atoms with E-state index in [9.17, 15) is 4.79 Å². The van der Waals surface area contributed by atoms with Gasteiger partial charge < -0.3 is 14.6 Å². The average Bonchev–Trinajstić information content (AvgIpc) is 2.22. The normalized spacial score (nSPS) is 15.3. The zero-order valence-electron chi connectivity index (χ0n) is 9.10. The Hall–Kier alpha value is -1.71. The van der Waals surface area contributed by atoms with E-state index in [1.165, 1.54) is 6.07 Å². The predicted molar refractivity (Wildman–Crippen MR) is 58.2 cm³/mol. The number of hydrogen-bond donors (Lipinski definition) is 1. The maximum atomic E-state index is 11.0. The Kier molecular flexibility index (Phi) is 2.99. The summed E-state index contributed by atoms with van der Waals surface area (Å²) in [6.45, 7) is 0. The second-order valence-electron chi connectivity index (χ2n) is 3.84. The van der Waals surface area contributed by atoms with E-state index in [4.69, 9.17) is 14.6 Å². The molecule has 0 amide bonds. The van der Waals surface area contributed by atoms with Gasteiger partial charge in [-0.2, -0.15) is 0 Å². The molecule has 0 bridgehead atoms. The molecule has 1 fully saturated rings. The molecule has 1 aliphatic rings. The number of carbonyl (C=O) groups is 1. The largest absolute Gasteiger partial charge is 0.497 e. The van der Waals surface area contributed by atoms with E-state index in [1.54, 1.807) is 19.2 Å². The summed E-state index contributed by atoms with van der Waals surface area (Å²) in [4.78, 5) is 11.0. The van der Waals surface area contributed by atoms with Gasteiger partial charge in [-0.3, -0.25) is 0 Å². The Morgan fingerprint density at radius 1 is 1.44 bits per heavy atom. The second-order valence-corrected chi connectivity index (χ2v) is 3.84. The Bertz CT molecular complexity index is 396. The molecule has 4 heteroatoms. The second kappa shape index (κ2) is 4.43. The summed E-state index contributed by atoms with van der Waals surface area (Å²) in [6, 6.07) is 4.76. The number of aromatic carboxylic acids is 1. The van der Waals surface area contributed by atoms with Crippen LogP contribution in [0, 0.1) is 0 Å². The minimum absolute atomic E-state index is 0.158. The van der Waals surface area contributed by atoms with E-state index in [0.717, 1.165) is 19.3 Å². The molecule has 0 spiro atoms. The van der Waals surface area contributed by atoms with E-state index in [0.29, 0.717) is 11.5 Å². The van der Waals surface area contributed by atoms with Crippen molar-refractivity contribution in [2.24, 2.45) is 0 Å². The van der Waals surface area contributed by atoms with Crippen molar-refractivity contribution < 1.29 is 19.4 Å². The first-order chi connectivity index (χ1) is 7.70. The standard InChI is InChI=1S/C12H14O4/c1-15-9-5-6-10(12(13)14)11(7-9)16-8-3-2-4-8/h5-8H,2-4H2,1H3,(H,13,14). The quantitative estimate of drug-likeness (QED) is 0.849. The summed E-state index contributed by atoms with van der Waals surface area (Å²) < 4.78 is 10.7. The first kappa shape index (κ1) is 10.8. The third-order valence-electron chi connectivity index (χ3n) is 2.77. The molecule has 0 aliphatic heterocycles. The monoisotopic (exact) mass is 222 g/mol. The topological polar surface area (TPSA) is 55.8 Å². The first-order valence-electron chi connectivity index (χ1n) is 5.28. The first-order valence-corrected chi connectivity index (χ1v) is 5.28. The fraction of sp³-hybridized carbons (Fsp3) is 0.417. The highest BCUT2D eigenvalue weighted by Crippen LogP contribution is 2.30. The van der Waals surface area contributed by atoms with Gasteiger partial charge >= 0.3 is 5.97 Å². The van der Waals surface area contributed by atoms with Crippen molar-refractivity contribution in [3.05, 3.63) is 23.8 Å². The number of benzene rings is 1. The highest BCUT2D eigenvalue weighted by molar-refractivity contribution is 5.91. The molecule has 16 heavy (non-hydrogen) atoms. The lowest BCUT2D eigenvalue weighted by atomic mass is 9.96. The molecular weight excluding hydrogens is 208 g/mol. The van der Waals surface area contributed by atoms with Gasteiger partial charge in [-0.05, 0) is 31.4 Å². The third-order valence-corrected chi connectivity index (χ3v) is 2.77. The molecule has 1 aromatic rings. The fourth-order valence-corrected chi connectivity index (χ4v) is 1.57. The highest BCUT2D eigenvalue weighted by atomic mass is 16.5. The van der Waals surface area contributed by atoms with Crippen LogP contribution in [0.4, 0.5) is 0 Å². The van der Waals surface area contributed by atoms with Crippen LogP contribution in [-0.4, -0.2) is 24.3 Å². The number of carboxylic acid groups (broad SMARTS) is 1. The number of hydrogen-bond acceptors (Lipinski definition) is 3. The van der Waals surface area contributed by atoms with Gasteiger partial charge in [-0.25, -0.2) is 4.79 Å². The van der Waals surface area contributed by atoms with Crippen LogP contribution in [0.25, 0.3) is 0 Å². The third kappa shape index (κ3) is 2.10. The van der Waals surface area contributed by atoms with Crippen LogP contribution in [0.1, 0.15) is 29.6 Å². The lowest BCUT2D eigenvalue weighted by Crippen LogP contribution is -2.25. The average molecular weight is 222 g/mol. The molecule has 0 atom stereocenters. The van der Waals surface area contributed by atoms with E-state index < -0.39 is 5.97 Å². The Balaban J connectivity index is 2.25. The number of rotatable bonds is 4. The number of carboxylic acids is 1. The van der Waals surface area contributed by atoms with Gasteiger partial charge in [0, 0.05) is 6.07 Å². The van der Waals surface area contributed by atoms with Gasteiger partial charge in [0.15, 0.2) is 0 Å². The van der Waals surface area contributed by atoms with Crippen LogP contribution in [0.15, 0.2) is 18.2 Å². The molecular formula is C12H14O4. The maximum Gasteiger partial charge on any atom is 0.339 e. The summed E-state index contributed by atoms with van der Waals surface area (Å²) >= 11 is 0. The molecule has 86 valence electrons. The molecule has 1 aromatic carbocycles. The van der Waals surface area contributed by atoms with Crippen LogP contribution in [0.2, 0.25) is 0 Å². The summed E-state index contributed by atoms with van der Waals surface area (Å²) in [6.07, 6.45) is 3.30. The van der Waals surface area contributed by atoms with Crippen LogP contribution < -0.4 is 9.47 Å². The predicted octanol–water partition coefficient (Wildman–Crippen LogP) is 2.32. The summed E-state index contributed by atoms with van der Waals surface area (Å²) in [5.41, 5.74) is 0.188. The minimum atomic E-state index is -0.975. The van der Waals surface area contributed by atoms with Crippen molar-refractivity contribution in [2.75, 3.05) is 7.11 Å². The van der Waals surface area contributed by atoms with Crippen molar-refractivity contribution in [2.45, 2.75) is 25.4 Å². The van der Waals surface area contributed by atoms with E-state index in [-0.39, 0.29) is 11.7 Å². The van der Waals surface area contributed by atoms with E-state index >= 15 is 0 Å². The van der Waals surface area contributed by atoms with Gasteiger partial charge in [0.1, 0.15) is 17.1 Å². The van der Waals surface area contributed by atoms with Crippen LogP contribution >= 0.6 is 0 Å². The molecule has 0 unspecified atom stereocenters. The fourth-order valence-electron chi connectivity index (χ4n) is 1.57. The van der Waals surface area contributed by atoms with Crippen molar-refractivity contribution in [1.82, 2.24) is 0 Å². The summed E-state index contributed by atoms with van der Waals surface area (Å²) in [5.74, 6) is 0.0350. The van der Waals surface area contributed by atoms with Gasteiger partial charge in [0.25, 0.3) is 0 Å². The number of methoxy groups -OCH3 is 1.